The maximum atomic E-state index is 13.8. The lowest BCUT2D eigenvalue weighted by Crippen LogP contribution is -2.52. The summed E-state index contributed by atoms with van der Waals surface area (Å²) >= 11 is 12.7. The summed E-state index contributed by atoms with van der Waals surface area (Å²) in [6.07, 6.45) is 6.64. The molecule has 1 aromatic rings. The van der Waals surface area contributed by atoms with Gasteiger partial charge in [-0.05, 0) is 81.1 Å². The van der Waals surface area contributed by atoms with E-state index in [-0.39, 0.29) is 18.4 Å². The van der Waals surface area contributed by atoms with Crippen LogP contribution in [0.5, 0.6) is 0 Å². The van der Waals surface area contributed by atoms with E-state index in [4.69, 9.17) is 23.2 Å². The number of halogens is 2. The molecule has 2 aliphatic heterocycles. The van der Waals surface area contributed by atoms with Crippen LogP contribution in [-0.4, -0.2) is 61.4 Å². The quantitative estimate of drug-likeness (QED) is 0.611. The average Bonchev–Trinajstić information content (AvgIpc) is 2.97. The van der Waals surface area contributed by atoms with Gasteiger partial charge in [0, 0.05) is 20.1 Å². The van der Waals surface area contributed by atoms with Gasteiger partial charge in [0.2, 0.25) is 11.8 Å². The number of hydrogen-bond acceptors (Lipinski definition) is 3. The van der Waals surface area contributed by atoms with Crippen LogP contribution in [0.2, 0.25) is 10.0 Å². The van der Waals surface area contributed by atoms with Crippen molar-refractivity contribution in [2.75, 3.05) is 38.6 Å². The molecule has 4 rings (SSSR count). The Hall–Kier alpha value is -1.30. The number of benzene rings is 1. The van der Waals surface area contributed by atoms with Crippen molar-refractivity contribution in [3.05, 3.63) is 27.7 Å². The fourth-order valence-corrected chi connectivity index (χ4v) is 6.27. The van der Waals surface area contributed by atoms with Crippen molar-refractivity contribution in [3.8, 4) is 0 Å². The van der Waals surface area contributed by atoms with Crippen molar-refractivity contribution in [2.45, 2.75) is 63.8 Å². The topological polar surface area (TPSA) is 43.9 Å². The molecule has 0 unspecified atom stereocenters. The van der Waals surface area contributed by atoms with E-state index in [1.54, 1.807) is 25.1 Å². The Bertz CT molecular complexity index is 885. The van der Waals surface area contributed by atoms with Gasteiger partial charge in [-0.1, -0.05) is 37.0 Å². The number of anilines is 1. The first-order valence-corrected chi connectivity index (χ1v) is 12.7. The van der Waals surface area contributed by atoms with E-state index in [0.29, 0.717) is 16.1 Å². The SMILES string of the molecule is CC(C)C1CCC(N2CCC3(CC2)C(=O)N(CC(=O)N(C)C)c2cc(Cl)c(Cl)cc23)CC1. The first-order chi connectivity index (χ1) is 15.1. The highest BCUT2D eigenvalue weighted by atomic mass is 35.5. The van der Waals surface area contributed by atoms with Crippen molar-refractivity contribution in [1.82, 2.24) is 9.80 Å². The van der Waals surface area contributed by atoms with Crippen molar-refractivity contribution >= 4 is 40.7 Å². The molecule has 0 atom stereocenters. The van der Waals surface area contributed by atoms with Crippen molar-refractivity contribution in [3.63, 3.8) is 0 Å². The molecule has 176 valence electrons. The van der Waals surface area contributed by atoms with Crippen LogP contribution in [0.3, 0.4) is 0 Å². The molecule has 3 aliphatic rings. The average molecular weight is 480 g/mol. The third kappa shape index (κ3) is 4.17. The lowest BCUT2D eigenvalue weighted by atomic mass is 9.72. The fourth-order valence-electron chi connectivity index (χ4n) is 5.95. The third-order valence-corrected chi connectivity index (χ3v) is 8.87. The minimum Gasteiger partial charge on any atom is -0.347 e. The van der Waals surface area contributed by atoms with Gasteiger partial charge in [0.15, 0.2) is 0 Å². The fraction of sp³-hybridized carbons (Fsp3) is 0.680. The number of likely N-dealkylation sites (N-methyl/N-ethyl adjacent to an activating group) is 1. The highest BCUT2D eigenvalue weighted by molar-refractivity contribution is 6.42. The van der Waals surface area contributed by atoms with Gasteiger partial charge in [-0.3, -0.25) is 9.59 Å². The van der Waals surface area contributed by atoms with Crippen LogP contribution >= 0.6 is 23.2 Å². The van der Waals surface area contributed by atoms with Gasteiger partial charge in [0.25, 0.3) is 0 Å². The minimum atomic E-state index is -0.609. The molecule has 1 saturated carbocycles. The summed E-state index contributed by atoms with van der Waals surface area (Å²) in [5, 5.41) is 0.879. The highest BCUT2D eigenvalue weighted by Crippen LogP contribution is 2.50. The Morgan fingerprint density at radius 2 is 1.69 bits per heavy atom. The molecule has 2 fully saturated rings. The number of fused-ring (bicyclic) bond motifs is 2. The minimum absolute atomic E-state index is 0.0178. The molecule has 0 aromatic heterocycles. The van der Waals surface area contributed by atoms with E-state index < -0.39 is 5.41 Å². The maximum Gasteiger partial charge on any atom is 0.242 e. The predicted molar refractivity (Wildman–Crippen MR) is 131 cm³/mol. The molecule has 1 spiro atoms. The van der Waals surface area contributed by atoms with Crippen LogP contribution in [0.25, 0.3) is 0 Å². The molecule has 5 nitrogen and oxygen atoms in total. The number of amides is 2. The van der Waals surface area contributed by atoms with E-state index in [1.165, 1.54) is 30.6 Å². The third-order valence-electron chi connectivity index (χ3n) is 8.14. The first-order valence-electron chi connectivity index (χ1n) is 11.9. The van der Waals surface area contributed by atoms with Gasteiger partial charge < -0.3 is 14.7 Å². The first kappa shape index (κ1) is 23.8. The largest absolute Gasteiger partial charge is 0.347 e. The molecule has 2 heterocycles. The maximum absolute atomic E-state index is 13.8. The van der Waals surface area contributed by atoms with E-state index in [2.05, 4.69) is 18.7 Å². The smallest absolute Gasteiger partial charge is 0.242 e. The van der Waals surface area contributed by atoms with Gasteiger partial charge in [0.1, 0.15) is 6.54 Å². The van der Waals surface area contributed by atoms with E-state index in [1.807, 2.05) is 6.07 Å². The summed E-state index contributed by atoms with van der Waals surface area (Å²) in [7, 11) is 3.42. The standard InChI is InChI=1S/C25H35Cl2N3O2/c1-16(2)17-5-7-18(8-6-17)29-11-9-25(10-12-29)19-13-20(26)21(27)14-22(19)30(24(25)32)15-23(31)28(3)4/h13-14,16-18H,5-12,15H2,1-4H3. The van der Waals surface area contributed by atoms with Gasteiger partial charge in [-0.25, -0.2) is 0 Å². The second kappa shape index (κ2) is 9.15. The molecule has 0 radical (unpaired) electrons. The van der Waals surface area contributed by atoms with Crippen molar-refractivity contribution in [1.29, 1.82) is 0 Å². The number of carbonyl (C=O) groups excluding carboxylic acids is 2. The number of piperidine rings is 1. The zero-order valence-electron chi connectivity index (χ0n) is 19.7. The van der Waals surface area contributed by atoms with Gasteiger partial charge in [-0.2, -0.15) is 0 Å². The summed E-state index contributed by atoms with van der Waals surface area (Å²) in [6.45, 7) is 6.50. The number of hydrogen-bond donors (Lipinski definition) is 0. The molecule has 1 aliphatic carbocycles. The van der Waals surface area contributed by atoms with Crippen LogP contribution in [0.1, 0.15) is 57.9 Å². The lowest BCUT2D eigenvalue weighted by molar-refractivity contribution is -0.131. The summed E-state index contributed by atoms with van der Waals surface area (Å²) < 4.78 is 0. The van der Waals surface area contributed by atoms with Gasteiger partial charge >= 0.3 is 0 Å². The normalized spacial score (nSPS) is 25.5. The Balaban J connectivity index is 1.54. The Morgan fingerprint density at radius 1 is 1.09 bits per heavy atom. The molecule has 1 aromatic carbocycles. The molecular weight excluding hydrogens is 445 g/mol. The van der Waals surface area contributed by atoms with Crippen LogP contribution in [0.15, 0.2) is 12.1 Å². The van der Waals surface area contributed by atoms with Crippen molar-refractivity contribution < 1.29 is 9.59 Å². The Morgan fingerprint density at radius 3 is 2.25 bits per heavy atom. The molecular formula is C25H35Cl2N3O2. The van der Waals surface area contributed by atoms with E-state index >= 15 is 0 Å². The van der Waals surface area contributed by atoms with Crippen molar-refractivity contribution in [2.24, 2.45) is 11.8 Å². The van der Waals surface area contributed by atoms with Gasteiger partial charge in [0.05, 0.1) is 21.1 Å². The monoisotopic (exact) mass is 479 g/mol. The molecule has 1 saturated heterocycles. The molecule has 7 heteroatoms. The highest BCUT2D eigenvalue weighted by Gasteiger charge is 2.53. The Kier molecular flexibility index (Phi) is 6.82. The summed E-state index contributed by atoms with van der Waals surface area (Å²) in [6, 6.07) is 4.24. The Labute approximate surface area is 202 Å². The summed E-state index contributed by atoms with van der Waals surface area (Å²) in [5.41, 5.74) is 1.07. The number of carbonyl (C=O) groups is 2. The summed E-state index contributed by atoms with van der Waals surface area (Å²) in [5.74, 6) is 1.52. The van der Waals surface area contributed by atoms with E-state index in [0.717, 1.165) is 49.0 Å². The second-order valence-corrected chi connectivity index (χ2v) is 11.2. The molecule has 0 bridgehead atoms. The zero-order chi connectivity index (χ0) is 23.2. The predicted octanol–water partition coefficient (Wildman–Crippen LogP) is 4.98. The number of rotatable bonds is 4. The van der Waals surface area contributed by atoms with E-state index in [9.17, 15) is 9.59 Å². The van der Waals surface area contributed by atoms with Crippen LogP contribution in [0, 0.1) is 11.8 Å². The van der Waals surface area contributed by atoms with Crippen LogP contribution in [-0.2, 0) is 15.0 Å². The molecule has 2 amide bonds. The zero-order valence-corrected chi connectivity index (χ0v) is 21.2. The van der Waals surface area contributed by atoms with Crippen LogP contribution in [0.4, 0.5) is 5.69 Å². The lowest BCUT2D eigenvalue weighted by Gasteiger charge is -2.44. The molecule has 32 heavy (non-hydrogen) atoms. The van der Waals surface area contributed by atoms with Gasteiger partial charge in [-0.15, -0.1) is 0 Å². The number of likely N-dealkylation sites (tertiary alicyclic amines) is 1. The summed E-state index contributed by atoms with van der Waals surface area (Å²) in [4.78, 5) is 32.0. The second-order valence-electron chi connectivity index (χ2n) is 10.4. The number of nitrogens with zero attached hydrogens (tertiary/aromatic N) is 3. The molecule has 0 N–H and O–H groups in total. The van der Waals surface area contributed by atoms with Crippen LogP contribution < -0.4 is 4.90 Å².